The van der Waals surface area contributed by atoms with Crippen molar-refractivity contribution in [3.8, 4) is 10.6 Å². The second kappa shape index (κ2) is 8.79. The number of quaternary nitrogens is 1. The Balaban J connectivity index is 1.09. The Bertz CT molecular complexity index is 1310. The molecule has 0 aliphatic carbocycles. The fourth-order valence-corrected chi connectivity index (χ4v) is 7.21. The summed E-state index contributed by atoms with van der Waals surface area (Å²) in [5.41, 5.74) is 3.71. The van der Waals surface area contributed by atoms with Crippen LogP contribution in [0.15, 0.2) is 34.7 Å². The van der Waals surface area contributed by atoms with Crippen molar-refractivity contribution in [1.29, 1.82) is 0 Å². The van der Waals surface area contributed by atoms with Crippen LogP contribution >= 0.6 is 22.7 Å². The Kier molecular flexibility index (Phi) is 5.65. The number of likely N-dealkylation sites (tertiary alicyclic amines) is 1. The van der Waals surface area contributed by atoms with Gasteiger partial charge in [0.25, 0.3) is 5.56 Å². The summed E-state index contributed by atoms with van der Waals surface area (Å²) in [6, 6.07) is 6.41. The second-order valence-electron chi connectivity index (χ2n) is 9.37. The van der Waals surface area contributed by atoms with Crippen molar-refractivity contribution in [2.75, 3.05) is 33.2 Å². The largest absolute Gasteiger partial charge is 0.333 e. The van der Waals surface area contributed by atoms with E-state index in [9.17, 15) is 4.79 Å². The third-order valence-corrected chi connectivity index (χ3v) is 9.25. The van der Waals surface area contributed by atoms with E-state index in [2.05, 4.69) is 50.7 Å². The van der Waals surface area contributed by atoms with Crippen LogP contribution in [0.1, 0.15) is 34.9 Å². The topological polar surface area (TPSA) is 71.2 Å². The lowest BCUT2D eigenvalue weighted by molar-refractivity contribution is -0.906. The zero-order valence-corrected chi connectivity index (χ0v) is 20.5. The minimum atomic E-state index is 0.148. The van der Waals surface area contributed by atoms with Crippen molar-refractivity contribution in [1.82, 2.24) is 24.6 Å². The van der Waals surface area contributed by atoms with Gasteiger partial charge in [-0.2, -0.15) is 5.10 Å². The molecule has 0 radical (unpaired) electrons. The van der Waals surface area contributed by atoms with Gasteiger partial charge >= 0.3 is 0 Å². The summed E-state index contributed by atoms with van der Waals surface area (Å²) >= 11 is 3.42. The number of piperidine rings is 1. The maximum atomic E-state index is 13.2. The molecule has 0 atom stereocenters. The van der Waals surface area contributed by atoms with Gasteiger partial charge in [-0.1, -0.05) is 6.07 Å². The third-order valence-electron chi connectivity index (χ3n) is 7.23. The highest BCUT2D eigenvalue weighted by atomic mass is 32.1. The predicted octanol–water partition coefficient (Wildman–Crippen LogP) is 2.36. The molecule has 4 aromatic rings. The maximum Gasteiger partial charge on any atom is 0.262 e. The van der Waals surface area contributed by atoms with Gasteiger partial charge in [0.2, 0.25) is 0 Å². The van der Waals surface area contributed by atoms with Gasteiger partial charge < -0.3 is 9.80 Å². The van der Waals surface area contributed by atoms with Gasteiger partial charge in [-0.05, 0) is 36.5 Å². The Hall–Kier alpha value is -2.33. The van der Waals surface area contributed by atoms with Crippen LogP contribution in [0.2, 0.25) is 0 Å². The molecule has 1 fully saturated rings. The normalized spacial score (nSPS) is 21.5. The molecule has 6 rings (SSSR count). The smallest absolute Gasteiger partial charge is 0.262 e. The Morgan fingerprint density at radius 2 is 2.18 bits per heavy atom. The lowest BCUT2D eigenvalue weighted by Gasteiger charge is -2.28. The molecule has 0 bridgehead atoms. The van der Waals surface area contributed by atoms with Gasteiger partial charge in [0.15, 0.2) is 0 Å². The number of fused-ring (bicyclic) bond motifs is 3. The standard InChI is InChI=1S/C24H28N6OS2/c1-28-7-6-17-21(14-28)33-23-22(17)24(31)30(15-25-23)11-10-29-8-4-16(5-9-29)18-13-19(27-26-18)20-3-2-12-32-20/h2-3,12-13,15-16H,4-11,14H2,1H3,(H,26,27)/p+1. The molecule has 4 aromatic heterocycles. The first-order valence-electron chi connectivity index (χ1n) is 11.8. The predicted molar refractivity (Wildman–Crippen MR) is 133 cm³/mol. The Labute approximate surface area is 200 Å². The fraction of sp³-hybridized carbons (Fsp3) is 0.458. The summed E-state index contributed by atoms with van der Waals surface area (Å²) in [6.07, 6.45) is 5.02. The van der Waals surface area contributed by atoms with E-state index in [0.717, 1.165) is 74.4 Å². The van der Waals surface area contributed by atoms with Crippen LogP contribution in [0.5, 0.6) is 0 Å². The molecule has 33 heavy (non-hydrogen) atoms. The molecule has 0 unspecified atom stereocenters. The molecule has 172 valence electrons. The van der Waals surface area contributed by atoms with Crippen molar-refractivity contribution in [2.24, 2.45) is 0 Å². The number of hydrogen-bond acceptors (Lipinski definition) is 6. The molecule has 7 nitrogen and oxygen atoms in total. The highest BCUT2D eigenvalue weighted by molar-refractivity contribution is 7.18. The third kappa shape index (κ3) is 4.07. The molecule has 2 aliphatic rings. The van der Waals surface area contributed by atoms with Gasteiger partial charge in [0, 0.05) is 42.4 Å². The molecular formula is C24H29N6OS2+. The number of likely N-dealkylation sites (N-methyl/N-ethyl adjacent to an activating group) is 1. The molecule has 2 N–H and O–H groups in total. The minimum absolute atomic E-state index is 0.148. The van der Waals surface area contributed by atoms with Crippen LogP contribution in [-0.2, 0) is 19.5 Å². The first kappa shape index (κ1) is 21.2. The number of H-pyrrole nitrogens is 1. The average molecular weight is 482 g/mol. The second-order valence-corrected chi connectivity index (χ2v) is 11.4. The summed E-state index contributed by atoms with van der Waals surface area (Å²) < 4.78 is 1.84. The van der Waals surface area contributed by atoms with Crippen molar-refractivity contribution >= 4 is 32.9 Å². The molecule has 6 heterocycles. The van der Waals surface area contributed by atoms with E-state index in [4.69, 9.17) is 0 Å². The van der Waals surface area contributed by atoms with E-state index in [1.165, 1.54) is 21.0 Å². The van der Waals surface area contributed by atoms with Gasteiger partial charge in [-0.3, -0.25) is 14.5 Å². The van der Waals surface area contributed by atoms with E-state index in [1.54, 1.807) is 33.9 Å². The zero-order chi connectivity index (χ0) is 22.4. The molecule has 9 heteroatoms. The summed E-state index contributed by atoms with van der Waals surface area (Å²) in [5, 5.41) is 10.8. The van der Waals surface area contributed by atoms with E-state index in [0.29, 0.717) is 5.92 Å². The molecule has 0 saturated carbocycles. The number of rotatable bonds is 5. The Morgan fingerprint density at radius 3 is 3.00 bits per heavy atom. The van der Waals surface area contributed by atoms with Gasteiger partial charge in [-0.25, -0.2) is 4.98 Å². The average Bonchev–Trinajstić information content (AvgIpc) is 3.58. The van der Waals surface area contributed by atoms with Gasteiger partial charge in [-0.15, -0.1) is 22.7 Å². The summed E-state index contributed by atoms with van der Waals surface area (Å²) in [7, 11) is 2.14. The summed E-state index contributed by atoms with van der Waals surface area (Å²) in [6.45, 7) is 5.90. The van der Waals surface area contributed by atoms with Crippen LogP contribution < -0.4 is 10.5 Å². The first-order chi connectivity index (χ1) is 16.2. The van der Waals surface area contributed by atoms with E-state index >= 15 is 0 Å². The van der Waals surface area contributed by atoms with Crippen molar-refractivity contribution in [2.45, 2.75) is 38.3 Å². The van der Waals surface area contributed by atoms with Crippen molar-refractivity contribution < 1.29 is 4.90 Å². The molecule has 0 amide bonds. The van der Waals surface area contributed by atoms with Crippen LogP contribution in [-0.4, -0.2) is 57.9 Å². The monoisotopic (exact) mass is 481 g/mol. The SMILES string of the molecule is CN1CCc2c(sc3ncn(CC[NH+]4CCC(c5cc(-c6cccs6)n[nH]5)CC4)c(=O)c23)C1. The highest BCUT2D eigenvalue weighted by Crippen LogP contribution is 2.32. The van der Waals surface area contributed by atoms with Crippen molar-refractivity contribution in [3.63, 3.8) is 0 Å². The van der Waals surface area contributed by atoms with Crippen LogP contribution in [0, 0.1) is 0 Å². The van der Waals surface area contributed by atoms with Crippen LogP contribution in [0.25, 0.3) is 20.8 Å². The highest BCUT2D eigenvalue weighted by Gasteiger charge is 2.26. The number of nitrogens with one attached hydrogen (secondary N) is 2. The van der Waals surface area contributed by atoms with E-state index in [1.807, 2.05) is 4.57 Å². The van der Waals surface area contributed by atoms with Gasteiger partial charge in [0.05, 0.1) is 42.8 Å². The molecule has 0 spiro atoms. The lowest BCUT2D eigenvalue weighted by atomic mass is 9.93. The maximum absolute atomic E-state index is 13.2. The Morgan fingerprint density at radius 1 is 1.30 bits per heavy atom. The first-order valence-corrected chi connectivity index (χ1v) is 13.5. The lowest BCUT2D eigenvalue weighted by Crippen LogP contribution is -3.13. The van der Waals surface area contributed by atoms with E-state index < -0.39 is 0 Å². The minimum Gasteiger partial charge on any atom is -0.333 e. The number of aromatic amines is 1. The van der Waals surface area contributed by atoms with Crippen molar-refractivity contribution in [3.05, 3.63) is 56.4 Å². The van der Waals surface area contributed by atoms with Gasteiger partial charge in [0.1, 0.15) is 10.5 Å². The molecule has 0 aromatic carbocycles. The molecular weight excluding hydrogens is 452 g/mol. The molecule has 1 saturated heterocycles. The number of aromatic nitrogens is 4. The quantitative estimate of drug-likeness (QED) is 0.459. The number of thiophene rings is 2. The van der Waals surface area contributed by atoms with Crippen LogP contribution in [0.3, 0.4) is 0 Å². The summed E-state index contributed by atoms with van der Waals surface area (Å²) in [4.78, 5) is 25.2. The number of hydrogen-bond donors (Lipinski definition) is 2. The van der Waals surface area contributed by atoms with Crippen LogP contribution in [0.4, 0.5) is 0 Å². The number of nitrogens with zero attached hydrogens (tertiary/aromatic N) is 4. The summed E-state index contributed by atoms with van der Waals surface area (Å²) in [5.74, 6) is 0.547. The van der Waals surface area contributed by atoms with E-state index in [-0.39, 0.29) is 5.56 Å². The molecule has 2 aliphatic heterocycles. The fourth-order valence-electron chi connectivity index (χ4n) is 5.27. The zero-order valence-electron chi connectivity index (χ0n) is 18.8.